The van der Waals surface area contributed by atoms with Gasteiger partial charge in [0.05, 0.1) is 6.54 Å². The first-order valence-electron chi connectivity index (χ1n) is 8.87. The average Bonchev–Trinajstić information content (AvgIpc) is 2.59. The van der Waals surface area contributed by atoms with Crippen LogP contribution in [0.15, 0.2) is 24.3 Å². The van der Waals surface area contributed by atoms with E-state index in [1.807, 2.05) is 24.3 Å². The smallest absolute Gasteiger partial charge is 0.238 e. The van der Waals surface area contributed by atoms with Crippen LogP contribution in [0.1, 0.15) is 44.1 Å². The highest BCUT2D eigenvalue weighted by molar-refractivity contribution is 5.92. The maximum absolute atomic E-state index is 12.1. The molecular weight excluding hydrogens is 302 g/mol. The zero-order chi connectivity index (χ0) is 17.4. The molecule has 5 heteroatoms. The highest BCUT2D eigenvalue weighted by Gasteiger charge is 2.14. The van der Waals surface area contributed by atoms with Crippen LogP contribution >= 0.6 is 0 Å². The predicted molar refractivity (Wildman–Crippen MR) is 97.0 cm³/mol. The molecule has 1 aliphatic rings. The van der Waals surface area contributed by atoms with Gasteiger partial charge in [-0.3, -0.25) is 9.59 Å². The van der Waals surface area contributed by atoms with Gasteiger partial charge in [-0.2, -0.15) is 0 Å². The van der Waals surface area contributed by atoms with Gasteiger partial charge in [0, 0.05) is 32.2 Å². The van der Waals surface area contributed by atoms with E-state index in [0.29, 0.717) is 25.4 Å². The first kappa shape index (κ1) is 18.5. The lowest BCUT2D eigenvalue weighted by Gasteiger charge is -2.22. The summed E-state index contributed by atoms with van der Waals surface area (Å²) in [5, 5.41) is 6.28. The number of hydrogen-bond acceptors (Lipinski definition) is 3. The van der Waals surface area contributed by atoms with Crippen LogP contribution in [0.3, 0.4) is 0 Å². The third kappa shape index (κ3) is 6.32. The van der Waals surface area contributed by atoms with E-state index in [4.69, 9.17) is 0 Å². The van der Waals surface area contributed by atoms with Gasteiger partial charge in [0.15, 0.2) is 0 Å². The van der Waals surface area contributed by atoms with E-state index in [9.17, 15) is 9.59 Å². The summed E-state index contributed by atoms with van der Waals surface area (Å²) in [6, 6.07) is 8.21. The van der Waals surface area contributed by atoms with Crippen molar-refractivity contribution in [1.82, 2.24) is 10.2 Å². The number of rotatable bonds is 7. The van der Waals surface area contributed by atoms with Crippen LogP contribution in [0.2, 0.25) is 0 Å². The van der Waals surface area contributed by atoms with Gasteiger partial charge < -0.3 is 15.5 Å². The quantitative estimate of drug-likeness (QED) is 0.807. The van der Waals surface area contributed by atoms with Crippen LogP contribution < -0.4 is 10.6 Å². The summed E-state index contributed by atoms with van der Waals surface area (Å²) in [7, 11) is 3.52. The number of nitrogens with zero attached hydrogens (tertiary/aromatic N) is 1. The second kappa shape index (κ2) is 9.42. The minimum atomic E-state index is -0.0120. The Morgan fingerprint density at radius 2 is 1.92 bits per heavy atom. The van der Waals surface area contributed by atoms with Gasteiger partial charge >= 0.3 is 0 Å². The largest absolute Gasteiger partial charge is 0.349 e. The van der Waals surface area contributed by atoms with Gasteiger partial charge in [-0.05, 0) is 37.0 Å². The molecule has 0 heterocycles. The van der Waals surface area contributed by atoms with Crippen LogP contribution in [-0.2, 0) is 16.0 Å². The molecule has 1 aromatic carbocycles. The molecule has 2 amide bonds. The summed E-state index contributed by atoms with van der Waals surface area (Å²) in [5.74, 6) is 0.100. The third-order valence-electron chi connectivity index (χ3n) is 4.49. The first-order valence-corrected chi connectivity index (χ1v) is 8.87. The van der Waals surface area contributed by atoms with Gasteiger partial charge in [-0.15, -0.1) is 0 Å². The second-order valence-corrected chi connectivity index (χ2v) is 6.75. The van der Waals surface area contributed by atoms with Crippen LogP contribution in [0.5, 0.6) is 0 Å². The molecule has 0 bridgehead atoms. The fourth-order valence-corrected chi connectivity index (χ4v) is 3.03. The topological polar surface area (TPSA) is 61.4 Å². The highest BCUT2D eigenvalue weighted by Crippen LogP contribution is 2.17. The first-order chi connectivity index (χ1) is 11.5. The minimum absolute atomic E-state index is 0.0120. The van der Waals surface area contributed by atoms with Crippen molar-refractivity contribution in [1.29, 1.82) is 0 Å². The Labute approximate surface area is 144 Å². The number of hydrogen-bond donors (Lipinski definition) is 2. The molecular formula is C19H29N3O2. The zero-order valence-corrected chi connectivity index (χ0v) is 14.8. The molecule has 0 unspecified atom stereocenters. The van der Waals surface area contributed by atoms with Crippen molar-refractivity contribution < 1.29 is 9.59 Å². The van der Waals surface area contributed by atoms with Crippen molar-refractivity contribution in [2.24, 2.45) is 0 Å². The summed E-state index contributed by atoms with van der Waals surface area (Å²) in [4.78, 5) is 25.3. The molecule has 1 saturated carbocycles. The van der Waals surface area contributed by atoms with Crippen LogP contribution in [-0.4, -0.2) is 43.4 Å². The average molecular weight is 331 g/mol. The van der Waals surface area contributed by atoms with Crippen molar-refractivity contribution >= 4 is 17.5 Å². The van der Waals surface area contributed by atoms with E-state index in [1.165, 1.54) is 32.1 Å². The molecule has 5 nitrogen and oxygen atoms in total. The van der Waals surface area contributed by atoms with Crippen molar-refractivity contribution in [2.75, 3.05) is 26.0 Å². The molecule has 2 N–H and O–H groups in total. The minimum Gasteiger partial charge on any atom is -0.349 e. The Bertz CT molecular complexity index is 551. The molecule has 0 atom stereocenters. The fourth-order valence-electron chi connectivity index (χ4n) is 3.03. The normalized spacial score (nSPS) is 15.1. The molecule has 0 aromatic heterocycles. The van der Waals surface area contributed by atoms with E-state index in [1.54, 1.807) is 19.0 Å². The summed E-state index contributed by atoms with van der Waals surface area (Å²) >= 11 is 0. The van der Waals surface area contributed by atoms with Gasteiger partial charge in [0.1, 0.15) is 0 Å². The molecule has 0 aliphatic heterocycles. The van der Waals surface area contributed by atoms with Crippen LogP contribution in [0.25, 0.3) is 0 Å². The SMILES string of the molecule is CN(C)C(=O)CCc1cccc(NC(=O)CNC2CCCCC2)c1. The maximum Gasteiger partial charge on any atom is 0.238 e. The number of amides is 2. The Kier molecular flexibility index (Phi) is 7.25. The molecule has 0 spiro atoms. The number of nitrogens with one attached hydrogen (secondary N) is 2. The van der Waals surface area contributed by atoms with E-state index in [0.717, 1.165) is 11.3 Å². The monoisotopic (exact) mass is 331 g/mol. The number of aryl methyl sites for hydroxylation is 1. The van der Waals surface area contributed by atoms with Gasteiger partial charge in [0.25, 0.3) is 0 Å². The Balaban J connectivity index is 1.78. The molecule has 0 saturated heterocycles. The molecule has 1 fully saturated rings. The Hall–Kier alpha value is -1.88. The fraction of sp³-hybridized carbons (Fsp3) is 0.579. The highest BCUT2D eigenvalue weighted by atomic mass is 16.2. The standard InChI is InChI=1S/C19H29N3O2/c1-22(2)19(24)12-11-15-7-6-10-17(13-15)21-18(23)14-20-16-8-4-3-5-9-16/h6-7,10,13,16,20H,3-5,8-9,11-12,14H2,1-2H3,(H,21,23). The third-order valence-corrected chi connectivity index (χ3v) is 4.49. The van der Waals surface area contributed by atoms with Crippen molar-refractivity contribution in [3.63, 3.8) is 0 Å². The maximum atomic E-state index is 12.1. The van der Waals surface area contributed by atoms with Gasteiger partial charge in [-0.25, -0.2) is 0 Å². The van der Waals surface area contributed by atoms with E-state index < -0.39 is 0 Å². The lowest BCUT2D eigenvalue weighted by atomic mass is 9.95. The summed E-state index contributed by atoms with van der Waals surface area (Å²) in [5.41, 5.74) is 1.85. The molecule has 132 valence electrons. The summed E-state index contributed by atoms with van der Waals surface area (Å²) in [6.45, 7) is 0.355. The second-order valence-electron chi connectivity index (χ2n) is 6.75. The molecule has 1 aliphatic carbocycles. The zero-order valence-electron chi connectivity index (χ0n) is 14.8. The van der Waals surface area contributed by atoms with E-state index in [-0.39, 0.29) is 11.8 Å². The van der Waals surface area contributed by atoms with E-state index in [2.05, 4.69) is 10.6 Å². The summed E-state index contributed by atoms with van der Waals surface area (Å²) < 4.78 is 0. The van der Waals surface area contributed by atoms with Crippen LogP contribution in [0.4, 0.5) is 5.69 Å². The van der Waals surface area contributed by atoms with Crippen molar-refractivity contribution in [3.05, 3.63) is 29.8 Å². The van der Waals surface area contributed by atoms with Gasteiger partial charge in [0.2, 0.25) is 11.8 Å². The molecule has 1 aromatic rings. The number of carbonyl (C=O) groups excluding carboxylic acids is 2. The number of anilines is 1. The Morgan fingerprint density at radius 1 is 1.17 bits per heavy atom. The molecule has 0 radical (unpaired) electrons. The summed E-state index contributed by atoms with van der Waals surface area (Å²) in [6.07, 6.45) is 7.33. The van der Waals surface area contributed by atoms with E-state index >= 15 is 0 Å². The predicted octanol–water partition coefficient (Wildman–Crippen LogP) is 2.57. The number of carbonyl (C=O) groups is 2. The van der Waals surface area contributed by atoms with Crippen LogP contribution in [0, 0.1) is 0 Å². The Morgan fingerprint density at radius 3 is 2.62 bits per heavy atom. The molecule has 2 rings (SSSR count). The van der Waals surface area contributed by atoms with Crippen molar-refractivity contribution in [2.45, 2.75) is 51.0 Å². The molecule has 24 heavy (non-hydrogen) atoms. The lowest BCUT2D eigenvalue weighted by Crippen LogP contribution is -2.37. The van der Waals surface area contributed by atoms with Crippen molar-refractivity contribution in [3.8, 4) is 0 Å². The number of benzene rings is 1. The lowest BCUT2D eigenvalue weighted by molar-refractivity contribution is -0.128. The van der Waals surface area contributed by atoms with Gasteiger partial charge in [-0.1, -0.05) is 31.4 Å².